The summed E-state index contributed by atoms with van der Waals surface area (Å²) in [5.41, 5.74) is 3.78. The van der Waals surface area contributed by atoms with Crippen LogP contribution in [0.2, 0.25) is 5.02 Å². The van der Waals surface area contributed by atoms with Crippen LogP contribution in [0.4, 0.5) is 5.69 Å². The van der Waals surface area contributed by atoms with Crippen molar-refractivity contribution in [1.82, 2.24) is 0 Å². The number of hydrogen-bond acceptors (Lipinski definition) is 4. The Bertz CT molecular complexity index is 779. The highest BCUT2D eigenvalue weighted by Gasteiger charge is 2.18. The van der Waals surface area contributed by atoms with Crippen molar-refractivity contribution in [1.29, 1.82) is 0 Å². The number of carbonyl (C=O) groups excluding carboxylic acids is 2. The molecule has 2 aromatic rings. The molecule has 1 N–H and O–H groups in total. The number of halogens is 1. The highest BCUT2D eigenvalue weighted by Crippen LogP contribution is 2.22. The van der Waals surface area contributed by atoms with Crippen LogP contribution in [0.15, 0.2) is 36.4 Å². The number of esters is 1. The third kappa shape index (κ3) is 5.49. The topological polar surface area (TPSA) is 64.6 Å². The summed E-state index contributed by atoms with van der Waals surface area (Å²) in [4.78, 5) is 24.1. The van der Waals surface area contributed by atoms with Gasteiger partial charge in [-0.05, 0) is 63.1 Å². The maximum atomic E-state index is 12.1. The quantitative estimate of drug-likeness (QED) is 0.768. The van der Waals surface area contributed by atoms with E-state index in [1.54, 1.807) is 31.2 Å². The van der Waals surface area contributed by atoms with E-state index in [-0.39, 0.29) is 6.61 Å². The molecule has 0 aliphatic carbocycles. The third-order valence-electron chi connectivity index (χ3n) is 3.75. The lowest BCUT2D eigenvalue weighted by atomic mass is 10.1. The van der Waals surface area contributed by atoms with Gasteiger partial charge in [0.25, 0.3) is 5.91 Å². The minimum Gasteiger partial charge on any atom is -0.479 e. The molecule has 138 valence electrons. The Kier molecular flexibility index (Phi) is 6.64. The first-order chi connectivity index (χ1) is 12.3. The molecule has 0 bridgehead atoms. The summed E-state index contributed by atoms with van der Waals surface area (Å²) >= 11 is 5.80. The van der Waals surface area contributed by atoms with Crippen molar-refractivity contribution in [3.63, 3.8) is 0 Å². The number of aryl methyl sites for hydroxylation is 3. The number of hydrogen-bond donors (Lipinski definition) is 1. The molecule has 0 spiro atoms. The smallest absolute Gasteiger partial charge is 0.347 e. The fraction of sp³-hybridized carbons (Fsp3) is 0.300. The van der Waals surface area contributed by atoms with E-state index < -0.39 is 18.0 Å². The molecule has 0 unspecified atom stereocenters. The van der Waals surface area contributed by atoms with Crippen LogP contribution in [0.25, 0.3) is 0 Å². The van der Waals surface area contributed by atoms with Crippen LogP contribution in [0.3, 0.4) is 0 Å². The molecule has 0 heterocycles. The van der Waals surface area contributed by atoms with E-state index in [2.05, 4.69) is 5.32 Å². The van der Waals surface area contributed by atoms with Crippen molar-refractivity contribution in [3.05, 3.63) is 58.1 Å². The molecule has 0 saturated carbocycles. The fourth-order valence-corrected chi connectivity index (χ4v) is 2.70. The van der Waals surface area contributed by atoms with Gasteiger partial charge in [-0.3, -0.25) is 4.79 Å². The first-order valence-corrected chi connectivity index (χ1v) is 8.60. The van der Waals surface area contributed by atoms with Crippen molar-refractivity contribution < 1.29 is 19.1 Å². The molecule has 0 aliphatic heterocycles. The molecule has 26 heavy (non-hydrogen) atoms. The van der Waals surface area contributed by atoms with Gasteiger partial charge in [0.05, 0.1) is 0 Å². The molecular weight excluding hydrogens is 354 g/mol. The van der Waals surface area contributed by atoms with Crippen LogP contribution >= 0.6 is 11.6 Å². The second-order valence-corrected chi connectivity index (χ2v) is 6.58. The molecule has 0 fully saturated rings. The number of rotatable bonds is 6. The lowest BCUT2D eigenvalue weighted by Gasteiger charge is -2.15. The predicted octanol–water partition coefficient (Wildman–Crippen LogP) is 4.21. The van der Waals surface area contributed by atoms with Gasteiger partial charge in [0, 0.05) is 10.7 Å². The molecule has 1 amide bonds. The second kappa shape index (κ2) is 8.72. The van der Waals surface area contributed by atoms with E-state index >= 15 is 0 Å². The van der Waals surface area contributed by atoms with Crippen molar-refractivity contribution in [2.24, 2.45) is 0 Å². The summed E-state index contributed by atoms with van der Waals surface area (Å²) < 4.78 is 10.5. The first-order valence-electron chi connectivity index (χ1n) is 8.23. The van der Waals surface area contributed by atoms with Gasteiger partial charge in [-0.2, -0.15) is 0 Å². The van der Waals surface area contributed by atoms with Crippen LogP contribution in [0, 0.1) is 20.8 Å². The number of amides is 1. The van der Waals surface area contributed by atoms with Gasteiger partial charge in [-0.15, -0.1) is 0 Å². The zero-order valence-electron chi connectivity index (χ0n) is 15.3. The molecule has 6 heteroatoms. The van der Waals surface area contributed by atoms with Gasteiger partial charge in [-0.1, -0.05) is 29.3 Å². The lowest BCUT2D eigenvalue weighted by Crippen LogP contribution is -2.30. The molecule has 2 aromatic carbocycles. The van der Waals surface area contributed by atoms with E-state index in [9.17, 15) is 9.59 Å². The minimum atomic E-state index is -0.841. The van der Waals surface area contributed by atoms with Gasteiger partial charge >= 0.3 is 5.97 Å². The van der Waals surface area contributed by atoms with Gasteiger partial charge < -0.3 is 14.8 Å². The second-order valence-electron chi connectivity index (χ2n) is 6.14. The molecule has 1 atom stereocenters. The van der Waals surface area contributed by atoms with E-state index in [4.69, 9.17) is 21.1 Å². The van der Waals surface area contributed by atoms with Crippen molar-refractivity contribution in [3.8, 4) is 5.75 Å². The molecule has 2 rings (SSSR count). The van der Waals surface area contributed by atoms with Crippen molar-refractivity contribution in [2.45, 2.75) is 33.8 Å². The maximum absolute atomic E-state index is 12.1. The van der Waals surface area contributed by atoms with E-state index in [0.29, 0.717) is 10.8 Å². The summed E-state index contributed by atoms with van der Waals surface area (Å²) in [5.74, 6) is -0.520. The third-order valence-corrected chi connectivity index (χ3v) is 4.00. The van der Waals surface area contributed by atoms with E-state index in [1.807, 2.05) is 32.9 Å². The number of nitrogens with one attached hydrogen (secondary N) is 1. The number of benzene rings is 2. The largest absolute Gasteiger partial charge is 0.479 e. The molecular formula is C20H22ClNO4. The van der Waals surface area contributed by atoms with Gasteiger partial charge in [0.1, 0.15) is 5.75 Å². The Morgan fingerprint density at radius 2 is 1.65 bits per heavy atom. The zero-order valence-corrected chi connectivity index (χ0v) is 16.0. The number of carbonyl (C=O) groups is 2. The minimum absolute atomic E-state index is 0.375. The fourth-order valence-electron chi connectivity index (χ4n) is 2.57. The predicted molar refractivity (Wildman–Crippen MR) is 102 cm³/mol. The Labute approximate surface area is 158 Å². The first kappa shape index (κ1) is 19.8. The monoisotopic (exact) mass is 375 g/mol. The molecule has 0 aromatic heterocycles. The molecule has 0 saturated heterocycles. The Morgan fingerprint density at radius 3 is 2.23 bits per heavy atom. The average molecular weight is 376 g/mol. The van der Waals surface area contributed by atoms with Gasteiger partial charge in [0.15, 0.2) is 12.7 Å². The SMILES string of the molecule is Cc1cc(C)c(NC(=O)COC(=O)[C@@H](C)Oc2ccc(Cl)cc2)c(C)c1. The Balaban J connectivity index is 1.86. The normalized spacial score (nSPS) is 11.6. The molecule has 0 aliphatic rings. The summed E-state index contributed by atoms with van der Waals surface area (Å²) in [6.45, 7) is 7.02. The van der Waals surface area contributed by atoms with E-state index in [1.165, 1.54) is 0 Å². The molecule has 5 nitrogen and oxygen atoms in total. The van der Waals surface area contributed by atoms with Crippen LogP contribution in [0.5, 0.6) is 5.75 Å². The Morgan fingerprint density at radius 1 is 1.08 bits per heavy atom. The van der Waals surface area contributed by atoms with Crippen LogP contribution in [0.1, 0.15) is 23.6 Å². The highest BCUT2D eigenvalue weighted by molar-refractivity contribution is 6.30. The standard InChI is InChI=1S/C20H22ClNO4/c1-12-9-13(2)19(14(3)10-12)22-18(23)11-25-20(24)15(4)26-17-7-5-16(21)6-8-17/h5-10,15H,11H2,1-4H3,(H,22,23)/t15-/m1/s1. The van der Waals surface area contributed by atoms with Crippen LogP contribution in [-0.4, -0.2) is 24.6 Å². The van der Waals surface area contributed by atoms with Crippen molar-refractivity contribution in [2.75, 3.05) is 11.9 Å². The Hall–Kier alpha value is -2.53. The highest BCUT2D eigenvalue weighted by atomic mass is 35.5. The lowest BCUT2D eigenvalue weighted by molar-refractivity contribution is -0.153. The van der Waals surface area contributed by atoms with Gasteiger partial charge in [0.2, 0.25) is 0 Å². The molecule has 0 radical (unpaired) electrons. The summed E-state index contributed by atoms with van der Waals surface area (Å²) in [6, 6.07) is 10.6. The van der Waals surface area contributed by atoms with E-state index in [0.717, 1.165) is 22.4 Å². The van der Waals surface area contributed by atoms with Gasteiger partial charge in [-0.25, -0.2) is 4.79 Å². The maximum Gasteiger partial charge on any atom is 0.347 e. The summed E-state index contributed by atoms with van der Waals surface area (Å²) in [6.07, 6.45) is -0.841. The van der Waals surface area contributed by atoms with Crippen molar-refractivity contribution >= 4 is 29.2 Å². The zero-order chi connectivity index (χ0) is 19.3. The summed E-state index contributed by atoms with van der Waals surface area (Å²) in [7, 11) is 0. The van der Waals surface area contributed by atoms with Crippen LogP contribution in [-0.2, 0) is 14.3 Å². The number of anilines is 1. The average Bonchev–Trinajstić information content (AvgIpc) is 2.57. The number of ether oxygens (including phenoxy) is 2. The summed E-state index contributed by atoms with van der Waals surface area (Å²) in [5, 5.41) is 3.36. The van der Waals surface area contributed by atoms with Crippen LogP contribution < -0.4 is 10.1 Å².